The van der Waals surface area contributed by atoms with Gasteiger partial charge in [0.1, 0.15) is 0 Å². The van der Waals surface area contributed by atoms with Gasteiger partial charge in [-0.15, -0.1) is 0 Å². The van der Waals surface area contributed by atoms with Gasteiger partial charge in [-0.1, -0.05) is 6.92 Å². The summed E-state index contributed by atoms with van der Waals surface area (Å²) in [6.45, 7) is 3.11. The second-order valence-electron chi connectivity index (χ2n) is 6.72. The summed E-state index contributed by atoms with van der Waals surface area (Å²) in [6, 6.07) is 5.68. The zero-order valence-corrected chi connectivity index (χ0v) is 14.8. The van der Waals surface area contributed by atoms with Crippen molar-refractivity contribution in [1.29, 1.82) is 0 Å². The molecule has 2 aromatic rings. The summed E-state index contributed by atoms with van der Waals surface area (Å²) in [7, 11) is 1.57. The minimum atomic E-state index is -0.234. The number of hydrogen-bond donors (Lipinski definition) is 3. The van der Waals surface area contributed by atoms with Crippen molar-refractivity contribution in [2.24, 2.45) is 5.92 Å². The third-order valence-electron chi connectivity index (χ3n) is 4.73. The van der Waals surface area contributed by atoms with Gasteiger partial charge in [0.15, 0.2) is 0 Å². The maximum Gasteiger partial charge on any atom is 0.251 e. The lowest BCUT2D eigenvalue weighted by atomic mass is 9.87. The third-order valence-corrected chi connectivity index (χ3v) is 4.73. The fourth-order valence-electron chi connectivity index (χ4n) is 3.35. The Kier molecular flexibility index (Phi) is 5.38. The molecule has 1 unspecified atom stereocenters. The lowest BCUT2D eigenvalue weighted by molar-refractivity contribution is -0.120. The number of H-pyrrole nitrogens is 1. The molecular weight excluding hydrogens is 318 g/mol. The molecule has 0 aliphatic heterocycles. The molecule has 1 aromatic carbocycles. The lowest BCUT2D eigenvalue weighted by Crippen LogP contribution is -2.38. The van der Waals surface area contributed by atoms with Crippen LogP contribution >= 0.6 is 0 Å². The van der Waals surface area contributed by atoms with Crippen molar-refractivity contribution in [2.75, 3.05) is 26.8 Å². The molecule has 0 saturated heterocycles. The summed E-state index contributed by atoms with van der Waals surface area (Å²) in [5.41, 5.74) is 4.29. The van der Waals surface area contributed by atoms with Gasteiger partial charge < -0.3 is 20.4 Å². The minimum Gasteiger partial charge on any atom is -0.383 e. The summed E-state index contributed by atoms with van der Waals surface area (Å²) >= 11 is 0. The zero-order chi connectivity index (χ0) is 17.8. The highest BCUT2D eigenvalue weighted by Gasteiger charge is 2.20. The number of hydrogen-bond acceptors (Lipinski definition) is 3. The number of rotatable bonds is 6. The number of benzene rings is 1. The van der Waals surface area contributed by atoms with Gasteiger partial charge in [0.2, 0.25) is 5.91 Å². The second kappa shape index (κ2) is 7.70. The molecule has 3 N–H and O–H groups in total. The van der Waals surface area contributed by atoms with Gasteiger partial charge in [0.25, 0.3) is 5.91 Å². The first-order valence-corrected chi connectivity index (χ1v) is 8.75. The SMILES string of the molecule is COCCNC(=O)CNC(=O)c1ccc2[nH]c3c(c2c1)CC(C)CC3. The summed E-state index contributed by atoms with van der Waals surface area (Å²) in [4.78, 5) is 27.5. The molecule has 2 amide bonds. The Hall–Kier alpha value is -2.34. The van der Waals surface area contributed by atoms with Gasteiger partial charge in [0, 0.05) is 35.8 Å². The number of aromatic nitrogens is 1. The van der Waals surface area contributed by atoms with Gasteiger partial charge in [-0.05, 0) is 48.9 Å². The largest absolute Gasteiger partial charge is 0.383 e. The Morgan fingerprint density at radius 3 is 2.96 bits per heavy atom. The van der Waals surface area contributed by atoms with E-state index in [2.05, 4.69) is 22.5 Å². The first-order chi connectivity index (χ1) is 12.1. The molecule has 3 rings (SSSR count). The van der Waals surface area contributed by atoms with Crippen LogP contribution in [-0.2, 0) is 22.4 Å². The number of ether oxygens (including phenoxy) is 1. The van der Waals surface area contributed by atoms with Crippen LogP contribution in [0.2, 0.25) is 0 Å². The molecule has 1 heterocycles. The summed E-state index contributed by atoms with van der Waals surface area (Å²) < 4.78 is 4.87. The highest BCUT2D eigenvalue weighted by Crippen LogP contribution is 2.32. The van der Waals surface area contributed by atoms with Gasteiger partial charge in [-0.2, -0.15) is 0 Å². The van der Waals surface area contributed by atoms with Crippen molar-refractivity contribution in [3.05, 3.63) is 35.0 Å². The molecule has 0 fully saturated rings. The molecule has 134 valence electrons. The van der Waals surface area contributed by atoms with Gasteiger partial charge in [-0.25, -0.2) is 0 Å². The van der Waals surface area contributed by atoms with E-state index in [-0.39, 0.29) is 18.4 Å². The van der Waals surface area contributed by atoms with Crippen LogP contribution in [0.3, 0.4) is 0 Å². The molecule has 1 aromatic heterocycles. The molecule has 0 radical (unpaired) electrons. The first-order valence-electron chi connectivity index (χ1n) is 8.75. The fraction of sp³-hybridized carbons (Fsp3) is 0.474. The second-order valence-corrected chi connectivity index (χ2v) is 6.72. The number of aryl methyl sites for hydroxylation is 1. The molecule has 6 nitrogen and oxygen atoms in total. The molecular formula is C19H25N3O3. The van der Waals surface area contributed by atoms with Crippen molar-refractivity contribution in [3.8, 4) is 0 Å². The van der Waals surface area contributed by atoms with Crippen LogP contribution in [0, 0.1) is 5.92 Å². The predicted octanol–water partition coefficient (Wildman–Crippen LogP) is 1.79. The Morgan fingerprint density at radius 2 is 2.16 bits per heavy atom. The van der Waals surface area contributed by atoms with E-state index >= 15 is 0 Å². The van der Waals surface area contributed by atoms with Crippen LogP contribution in [0.25, 0.3) is 10.9 Å². The number of fused-ring (bicyclic) bond motifs is 3. The van der Waals surface area contributed by atoms with E-state index in [1.807, 2.05) is 12.1 Å². The van der Waals surface area contributed by atoms with E-state index in [0.717, 1.165) is 23.7 Å². The Bertz CT molecular complexity index is 782. The molecule has 1 aliphatic rings. The average molecular weight is 343 g/mol. The van der Waals surface area contributed by atoms with Crippen LogP contribution in [0.4, 0.5) is 0 Å². The van der Waals surface area contributed by atoms with E-state index in [0.29, 0.717) is 24.6 Å². The van der Waals surface area contributed by atoms with Crippen molar-refractivity contribution in [3.63, 3.8) is 0 Å². The van der Waals surface area contributed by atoms with Crippen LogP contribution in [0.5, 0.6) is 0 Å². The summed E-state index contributed by atoms with van der Waals surface area (Å²) in [5, 5.41) is 6.47. The van der Waals surface area contributed by atoms with Crippen LogP contribution in [0.1, 0.15) is 35.0 Å². The van der Waals surface area contributed by atoms with Crippen molar-refractivity contribution >= 4 is 22.7 Å². The van der Waals surface area contributed by atoms with Crippen molar-refractivity contribution in [2.45, 2.75) is 26.2 Å². The smallest absolute Gasteiger partial charge is 0.251 e. The zero-order valence-electron chi connectivity index (χ0n) is 14.8. The van der Waals surface area contributed by atoms with Crippen LogP contribution in [-0.4, -0.2) is 43.6 Å². The van der Waals surface area contributed by atoms with Gasteiger partial charge >= 0.3 is 0 Å². The average Bonchev–Trinajstić information content (AvgIpc) is 2.97. The topological polar surface area (TPSA) is 83.2 Å². The molecule has 0 saturated carbocycles. The third kappa shape index (κ3) is 4.02. The van der Waals surface area contributed by atoms with E-state index in [1.165, 1.54) is 17.7 Å². The lowest BCUT2D eigenvalue weighted by Gasteiger charge is -2.18. The number of amides is 2. The molecule has 0 bridgehead atoms. The molecule has 6 heteroatoms. The van der Waals surface area contributed by atoms with E-state index in [9.17, 15) is 9.59 Å². The molecule has 1 atom stereocenters. The molecule has 1 aliphatic carbocycles. The summed E-state index contributed by atoms with van der Waals surface area (Å²) in [5.74, 6) is 0.210. The Balaban J connectivity index is 1.68. The maximum absolute atomic E-state index is 12.4. The van der Waals surface area contributed by atoms with E-state index in [4.69, 9.17) is 4.74 Å². The normalized spacial score (nSPS) is 16.5. The summed E-state index contributed by atoms with van der Waals surface area (Å²) in [6.07, 6.45) is 3.31. The van der Waals surface area contributed by atoms with Crippen LogP contribution < -0.4 is 10.6 Å². The highest BCUT2D eigenvalue weighted by molar-refractivity contribution is 6.00. The quantitative estimate of drug-likeness (QED) is 0.699. The Labute approximate surface area is 147 Å². The van der Waals surface area contributed by atoms with E-state index < -0.39 is 0 Å². The first kappa shape index (κ1) is 17.5. The monoisotopic (exact) mass is 343 g/mol. The number of methoxy groups -OCH3 is 1. The standard InChI is InChI=1S/C19H25N3O3/c1-12-3-5-16-14(9-12)15-10-13(4-6-17(15)22-16)19(24)21-11-18(23)20-7-8-25-2/h4,6,10,12,22H,3,5,7-9,11H2,1-2H3,(H,20,23)(H,21,24). The van der Waals surface area contributed by atoms with Crippen molar-refractivity contribution < 1.29 is 14.3 Å². The predicted molar refractivity (Wildman–Crippen MR) is 96.7 cm³/mol. The highest BCUT2D eigenvalue weighted by atomic mass is 16.5. The number of nitrogens with one attached hydrogen (secondary N) is 3. The maximum atomic E-state index is 12.4. The Morgan fingerprint density at radius 1 is 1.32 bits per heavy atom. The minimum absolute atomic E-state index is 0.0388. The van der Waals surface area contributed by atoms with Crippen molar-refractivity contribution in [1.82, 2.24) is 15.6 Å². The van der Waals surface area contributed by atoms with Crippen LogP contribution in [0.15, 0.2) is 18.2 Å². The number of aromatic amines is 1. The van der Waals surface area contributed by atoms with Gasteiger partial charge in [-0.3, -0.25) is 9.59 Å². The number of carbonyl (C=O) groups excluding carboxylic acids is 2. The fourth-order valence-corrected chi connectivity index (χ4v) is 3.35. The van der Waals surface area contributed by atoms with Gasteiger partial charge in [0.05, 0.1) is 13.2 Å². The molecule has 25 heavy (non-hydrogen) atoms. The molecule has 0 spiro atoms. The number of carbonyl (C=O) groups is 2. The van der Waals surface area contributed by atoms with E-state index in [1.54, 1.807) is 13.2 Å².